The standard InChI is InChI=1S/C14H17ClN4O2S/c1-16-18-6-4-17(5-7-18)13(20)9-19-11-8-10(15)2-3-12(11)22-14(19)21/h2-3,8,16H,4-7,9H2,1H3. The summed E-state index contributed by atoms with van der Waals surface area (Å²) >= 11 is 7.14. The van der Waals surface area contributed by atoms with Gasteiger partial charge in [0.2, 0.25) is 5.91 Å². The van der Waals surface area contributed by atoms with Crippen LogP contribution in [0, 0.1) is 0 Å². The summed E-state index contributed by atoms with van der Waals surface area (Å²) in [5, 5.41) is 2.63. The van der Waals surface area contributed by atoms with Crippen molar-refractivity contribution in [3.63, 3.8) is 0 Å². The van der Waals surface area contributed by atoms with Crippen LogP contribution in [0.25, 0.3) is 10.2 Å². The molecule has 1 aromatic carbocycles. The SMILES string of the molecule is CNN1CCN(C(=O)Cn2c(=O)sc3ccc(Cl)cc32)CC1. The molecule has 6 nitrogen and oxygen atoms in total. The van der Waals surface area contributed by atoms with E-state index in [2.05, 4.69) is 10.4 Å². The van der Waals surface area contributed by atoms with Gasteiger partial charge in [-0.05, 0) is 25.2 Å². The number of nitrogens with one attached hydrogen (secondary N) is 1. The molecule has 0 radical (unpaired) electrons. The van der Waals surface area contributed by atoms with Crippen molar-refractivity contribution in [2.75, 3.05) is 33.2 Å². The molecule has 1 saturated heterocycles. The number of benzene rings is 1. The quantitative estimate of drug-likeness (QED) is 0.905. The number of aromatic nitrogens is 1. The van der Waals surface area contributed by atoms with Crippen LogP contribution in [0.1, 0.15) is 0 Å². The third kappa shape index (κ3) is 3.03. The molecule has 1 aromatic heterocycles. The van der Waals surface area contributed by atoms with Gasteiger partial charge in [0.1, 0.15) is 6.54 Å². The molecule has 1 amide bonds. The number of hydrazine groups is 1. The first-order valence-corrected chi connectivity index (χ1v) is 8.27. The Morgan fingerprint density at radius 1 is 1.32 bits per heavy atom. The summed E-state index contributed by atoms with van der Waals surface area (Å²) in [5.74, 6) is -0.0301. The summed E-state index contributed by atoms with van der Waals surface area (Å²) < 4.78 is 2.36. The molecule has 118 valence electrons. The molecule has 2 aromatic rings. The molecule has 3 rings (SSSR count). The summed E-state index contributed by atoms with van der Waals surface area (Å²) in [6.45, 7) is 2.97. The second-order valence-electron chi connectivity index (χ2n) is 5.16. The first-order valence-electron chi connectivity index (χ1n) is 7.07. The number of piperazine rings is 1. The van der Waals surface area contributed by atoms with E-state index in [4.69, 9.17) is 11.6 Å². The first-order chi connectivity index (χ1) is 10.6. The van der Waals surface area contributed by atoms with E-state index >= 15 is 0 Å². The largest absolute Gasteiger partial charge is 0.338 e. The van der Waals surface area contributed by atoms with Gasteiger partial charge in [0.15, 0.2) is 0 Å². The summed E-state index contributed by atoms with van der Waals surface area (Å²) in [6.07, 6.45) is 0. The summed E-state index contributed by atoms with van der Waals surface area (Å²) in [7, 11) is 1.87. The topological polar surface area (TPSA) is 57.6 Å². The Kier molecular flexibility index (Phi) is 4.49. The third-order valence-electron chi connectivity index (χ3n) is 3.87. The Morgan fingerprint density at radius 2 is 2.05 bits per heavy atom. The molecule has 0 atom stereocenters. The molecule has 22 heavy (non-hydrogen) atoms. The second kappa shape index (κ2) is 6.37. The maximum atomic E-state index is 12.4. The van der Waals surface area contributed by atoms with Crippen LogP contribution in [0.2, 0.25) is 5.02 Å². The fraction of sp³-hybridized carbons (Fsp3) is 0.429. The van der Waals surface area contributed by atoms with E-state index in [1.807, 2.05) is 13.1 Å². The minimum atomic E-state index is -0.125. The Labute approximate surface area is 136 Å². The molecule has 8 heteroatoms. The number of halogens is 1. The van der Waals surface area contributed by atoms with Crippen molar-refractivity contribution in [1.82, 2.24) is 19.9 Å². The number of rotatable bonds is 3. The lowest BCUT2D eigenvalue weighted by Crippen LogP contribution is -2.53. The summed E-state index contributed by atoms with van der Waals surface area (Å²) in [5.41, 5.74) is 3.80. The number of hydrogen-bond acceptors (Lipinski definition) is 5. The van der Waals surface area contributed by atoms with Crippen molar-refractivity contribution in [1.29, 1.82) is 0 Å². The minimum absolute atomic E-state index is 0.0301. The Balaban J connectivity index is 1.78. The highest BCUT2D eigenvalue weighted by molar-refractivity contribution is 7.16. The van der Waals surface area contributed by atoms with E-state index in [1.54, 1.807) is 17.0 Å². The highest BCUT2D eigenvalue weighted by Gasteiger charge is 2.21. The molecular weight excluding hydrogens is 324 g/mol. The normalized spacial score (nSPS) is 16.4. The average molecular weight is 341 g/mol. The van der Waals surface area contributed by atoms with E-state index in [-0.39, 0.29) is 17.3 Å². The fourth-order valence-corrected chi connectivity index (χ4v) is 3.64. The van der Waals surface area contributed by atoms with Crippen LogP contribution in [-0.4, -0.2) is 53.6 Å². The van der Waals surface area contributed by atoms with Crippen LogP contribution < -0.4 is 10.3 Å². The molecule has 1 fully saturated rings. The van der Waals surface area contributed by atoms with Gasteiger partial charge < -0.3 is 4.90 Å². The van der Waals surface area contributed by atoms with E-state index < -0.39 is 0 Å². The maximum absolute atomic E-state index is 12.4. The predicted octanol–water partition coefficient (Wildman–Crippen LogP) is 0.995. The van der Waals surface area contributed by atoms with Gasteiger partial charge in [-0.1, -0.05) is 22.9 Å². The molecule has 1 aliphatic heterocycles. The zero-order valence-corrected chi connectivity index (χ0v) is 13.8. The van der Waals surface area contributed by atoms with Gasteiger partial charge in [-0.25, -0.2) is 5.01 Å². The molecule has 1 N–H and O–H groups in total. The van der Waals surface area contributed by atoms with Crippen molar-refractivity contribution >= 4 is 39.1 Å². The van der Waals surface area contributed by atoms with Gasteiger partial charge in [0.05, 0.1) is 10.2 Å². The molecule has 1 aliphatic rings. The Hall–Kier alpha value is -1.41. The molecule has 0 spiro atoms. The van der Waals surface area contributed by atoms with Crippen LogP contribution in [0.4, 0.5) is 0 Å². The van der Waals surface area contributed by atoms with E-state index in [0.29, 0.717) is 18.1 Å². The van der Waals surface area contributed by atoms with Crippen LogP contribution in [0.15, 0.2) is 23.0 Å². The second-order valence-corrected chi connectivity index (χ2v) is 6.59. The highest BCUT2D eigenvalue weighted by atomic mass is 35.5. The van der Waals surface area contributed by atoms with Crippen molar-refractivity contribution in [3.05, 3.63) is 32.9 Å². The lowest BCUT2D eigenvalue weighted by molar-refractivity contribution is -0.133. The number of hydrogen-bond donors (Lipinski definition) is 1. The van der Waals surface area contributed by atoms with Crippen LogP contribution in [0.3, 0.4) is 0 Å². The van der Waals surface area contributed by atoms with Crippen molar-refractivity contribution < 1.29 is 4.79 Å². The fourth-order valence-electron chi connectivity index (χ4n) is 2.60. The van der Waals surface area contributed by atoms with Crippen LogP contribution in [-0.2, 0) is 11.3 Å². The van der Waals surface area contributed by atoms with Gasteiger partial charge in [-0.2, -0.15) is 0 Å². The van der Waals surface area contributed by atoms with Gasteiger partial charge in [0.25, 0.3) is 0 Å². The molecule has 2 heterocycles. The number of fused-ring (bicyclic) bond motifs is 1. The maximum Gasteiger partial charge on any atom is 0.308 e. The van der Waals surface area contributed by atoms with E-state index in [0.717, 1.165) is 34.6 Å². The lowest BCUT2D eigenvalue weighted by Gasteiger charge is -2.34. The first kappa shape index (κ1) is 15.5. The lowest BCUT2D eigenvalue weighted by atomic mass is 10.3. The summed E-state index contributed by atoms with van der Waals surface area (Å²) in [4.78, 5) is 26.2. The Bertz CT molecular complexity index is 749. The third-order valence-corrected chi connectivity index (χ3v) is 5.07. The number of carbonyl (C=O) groups is 1. The average Bonchev–Trinajstić information content (AvgIpc) is 2.83. The number of amides is 1. The van der Waals surface area contributed by atoms with Gasteiger partial charge >= 0.3 is 4.87 Å². The predicted molar refractivity (Wildman–Crippen MR) is 88.3 cm³/mol. The molecule has 0 aliphatic carbocycles. The van der Waals surface area contributed by atoms with E-state index in [9.17, 15) is 9.59 Å². The number of carbonyl (C=O) groups excluding carboxylic acids is 1. The van der Waals surface area contributed by atoms with E-state index in [1.165, 1.54) is 4.57 Å². The zero-order valence-electron chi connectivity index (χ0n) is 12.2. The number of thiazole rings is 1. The zero-order chi connectivity index (χ0) is 15.7. The monoisotopic (exact) mass is 340 g/mol. The van der Waals surface area contributed by atoms with Gasteiger partial charge in [-0.15, -0.1) is 0 Å². The smallest absolute Gasteiger partial charge is 0.308 e. The van der Waals surface area contributed by atoms with Crippen LogP contribution in [0.5, 0.6) is 0 Å². The highest BCUT2D eigenvalue weighted by Crippen LogP contribution is 2.21. The minimum Gasteiger partial charge on any atom is -0.338 e. The Morgan fingerprint density at radius 3 is 2.73 bits per heavy atom. The summed E-state index contributed by atoms with van der Waals surface area (Å²) in [6, 6.07) is 5.31. The van der Waals surface area contributed by atoms with Crippen molar-refractivity contribution in [2.45, 2.75) is 6.54 Å². The van der Waals surface area contributed by atoms with Gasteiger partial charge in [0, 0.05) is 31.2 Å². The van der Waals surface area contributed by atoms with Crippen LogP contribution >= 0.6 is 22.9 Å². The van der Waals surface area contributed by atoms with Crippen molar-refractivity contribution in [3.8, 4) is 0 Å². The molecular formula is C14H17ClN4O2S. The number of nitrogens with zero attached hydrogens (tertiary/aromatic N) is 3. The molecule has 0 saturated carbocycles. The van der Waals surface area contributed by atoms with Gasteiger partial charge in [-0.3, -0.25) is 19.6 Å². The van der Waals surface area contributed by atoms with Crippen molar-refractivity contribution in [2.24, 2.45) is 0 Å². The molecule has 0 bridgehead atoms. The molecule has 0 unspecified atom stereocenters.